The molecule has 3 N–H and O–H groups in total. The molecule has 0 saturated heterocycles. The number of carbonyl (C=O) groups excluding carboxylic acids is 1. The van der Waals surface area contributed by atoms with Crippen molar-refractivity contribution in [2.45, 2.75) is 225 Å². The maximum Gasteiger partial charge on any atom is 0.220 e. The van der Waals surface area contributed by atoms with Crippen LogP contribution in [-0.2, 0) is 4.79 Å². The molecule has 0 spiro atoms. The van der Waals surface area contributed by atoms with Gasteiger partial charge in [0, 0.05) is 6.42 Å². The van der Waals surface area contributed by atoms with Gasteiger partial charge < -0.3 is 15.5 Å². The first-order chi connectivity index (χ1) is 25.2. The van der Waals surface area contributed by atoms with Crippen LogP contribution in [0, 0.1) is 0 Å². The van der Waals surface area contributed by atoms with Gasteiger partial charge >= 0.3 is 0 Å². The second kappa shape index (κ2) is 42.5. The van der Waals surface area contributed by atoms with E-state index in [4.69, 9.17) is 0 Å². The van der Waals surface area contributed by atoms with Gasteiger partial charge in [-0.2, -0.15) is 0 Å². The molecule has 0 fully saturated rings. The van der Waals surface area contributed by atoms with Crippen LogP contribution in [0.1, 0.15) is 213 Å². The van der Waals surface area contributed by atoms with Crippen molar-refractivity contribution in [1.29, 1.82) is 0 Å². The molecule has 0 rings (SSSR count). The summed E-state index contributed by atoms with van der Waals surface area (Å²) in [6.07, 6.45) is 58.9. The van der Waals surface area contributed by atoms with Gasteiger partial charge in [0.05, 0.1) is 18.8 Å². The van der Waals surface area contributed by atoms with Crippen molar-refractivity contribution in [2.24, 2.45) is 0 Å². The second-order valence-corrected chi connectivity index (χ2v) is 14.7. The Labute approximate surface area is 317 Å². The zero-order chi connectivity index (χ0) is 37.1. The molecule has 0 aliphatic carbocycles. The summed E-state index contributed by atoms with van der Waals surface area (Å²) in [4.78, 5) is 12.4. The molecule has 2 atom stereocenters. The Kier molecular flexibility index (Phi) is 40.9. The highest BCUT2D eigenvalue weighted by atomic mass is 16.3. The molecule has 296 valence electrons. The SMILES string of the molecule is CCCCC/C=C\C/C=C\CCCCCCCCCCCC(=O)NC(CO)C(O)/C=C/CC/C=C/CC/C=C/CCCCCCCCCCCC. The summed E-state index contributed by atoms with van der Waals surface area (Å²) in [6.45, 7) is 4.26. The van der Waals surface area contributed by atoms with Crippen LogP contribution in [0.3, 0.4) is 0 Å². The van der Waals surface area contributed by atoms with E-state index >= 15 is 0 Å². The maximum absolute atomic E-state index is 12.4. The molecule has 0 aliphatic rings. The van der Waals surface area contributed by atoms with E-state index in [0.717, 1.165) is 44.9 Å². The highest BCUT2D eigenvalue weighted by molar-refractivity contribution is 5.76. The van der Waals surface area contributed by atoms with Crippen molar-refractivity contribution in [3.63, 3.8) is 0 Å². The second-order valence-electron chi connectivity index (χ2n) is 14.7. The van der Waals surface area contributed by atoms with Gasteiger partial charge in [-0.05, 0) is 77.0 Å². The number of rotatable bonds is 39. The fourth-order valence-corrected chi connectivity index (χ4v) is 6.30. The first kappa shape index (κ1) is 49.1. The predicted molar refractivity (Wildman–Crippen MR) is 225 cm³/mol. The molecule has 0 bridgehead atoms. The molecule has 51 heavy (non-hydrogen) atoms. The molecule has 0 aliphatic heterocycles. The lowest BCUT2D eigenvalue weighted by Gasteiger charge is -2.19. The van der Waals surface area contributed by atoms with E-state index in [0.29, 0.717) is 6.42 Å². The third-order valence-electron chi connectivity index (χ3n) is 9.70. The van der Waals surface area contributed by atoms with Crippen LogP contribution in [0.2, 0.25) is 0 Å². The molecule has 1 amide bonds. The Morgan fingerprint density at radius 1 is 0.471 bits per heavy atom. The van der Waals surface area contributed by atoms with E-state index in [1.807, 2.05) is 6.08 Å². The largest absolute Gasteiger partial charge is 0.394 e. The minimum atomic E-state index is -0.873. The minimum absolute atomic E-state index is 0.0842. The summed E-state index contributed by atoms with van der Waals surface area (Å²) >= 11 is 0. The molecule has 0 saturated carbocycles. The van der Waals surface area contributed by atoms with E-state index in [9.17, 15) is 15.0 Å². The number of aliphatic hydroxyl groups is 2. The Bertz CT molecular complexity index is 858. The molecule has 0 aromatic carbocycles. The topological polar surface area (TPSA) is 69.6 Å². The monoisotopic (exact) mass is 712 g/mol. The normalized spacial score (nSPS) is 13.6. The summed E-state index contributed by atoms with van der Waals surface area (Å²) in [5.74, 6) is -0.0842. The van der Waals surface area contributed by atoms with Crippen molar-refractivity contribution >= 4 is 5.91 Å². The Morgan fingerprint density at radius 3 is 1.29 bits per heavy atom. The third-order valence-corrected chi connectivity index (χ3v) is 9.70. The third kappa shape index (κ3) is 39.1. The van der Waals surface area contributed by atoms with Crippen molar-refractivity contribution in [1.82, 2.24) is 5.32 Å². The molecule has 0 aromatic rings. The Hall–Kier alpha value is -1.91. The van der Waals surface area contributed by atoms with Crippen LogP contribution in [-0.4, -0.2) is 34.9 Å². The summed E-state index contributed by atoms with van der Waals surface area (Å²) in [5, 5.41) is 23.0. The number of nitrogens with one attached hydrogen (secondary N) is 1. The first-order valence-corrected chi connectivity index (χ1v) is 22.0. The van der Waals surface area contributed by atoms with Gasteiger partial charge in [0.25, 0.3) is 0 Å². The molecule has 0 heterocycles. The van der Waals surface area contributed by atoms with Crippen LogP contribution < -0.4 is 5.32 Å². The fourth-order valence-electron chi connectivity index (χ4n) is 6.30. The highest BCUT2D eigenvalue weighted by Crippen LogP contribution is 2.13. The molecular formula is C47H85NO3. The Morgan fingerprint density at radius 2 is 0.824 bits per heavy atom. The van der Waals surface area contributed by atoms with Gasteiger partial charge in [0.2, 0.25) is 5.91 Å². The van der Waals surface area contributed by atoms with E-state index in [-0.39, 0.29) is 12.5 Å². The lowest BCUT2D eigenvalue weighted by Crippen LogP contribution is -2.45. The molecule has 2 unspecified atom stereocenters. The van der Waals surface area contributed by atoms with Gasteiger partial charge in [-0.3, -0.25) is 4.79 Å². The zero-order valence-corrected chi connectivity index (χ0v) is 33.9. The fraction of sp³-hybridized carbons (Fsp3) is 0.766. The Balaban J connectivity index is 3.66. The summed E-state index contributed by atoms with van der Waals surface area (Å²) in [6, 6.07) is -0.649. The van der Waals surface area contributed by atoms with E-state index in [2.05, 4.69) is 67.8 Å². The van der Waals surface area contributed by atoms with E-state index in [1.165, 1.54) is 148 Å². The highest BCUT2D eigenvalue weighted by Gasteiger charge is 2.17. The molecular weight excluding hydrogens is 627 g/mol. The van der Waals surface area contributed by atoms with E-state index < -0.39 is 12.1 Å². The smallest absolute Gasteiger partial charge is 0.220 e. The van der Waals surface area contributed by atoms with Gasteiger partial charge in [0.1, 0.15) is 0 Å². The predicted octanol–water partition coefficient (Wildman–Crippen LogP) is 13.7. The van der Waals surface area contributed by atoms with E-state index in [1.54, 1.807) is 6.08 Å². The van der Waals surface area contributed by atoms with Crippen LogP contribution in [0.5, 0.6) is 0 Å². The first-order valence-electron chi connectivity index (χ1n) is 22.0. The van der Waals surface area contributed by atoms with Crippen LogP contribution >= 0.6 is 0 Å². The summed E-state index contributed by atoms with van der Waals surface area (Å²) < 4.78 is 0. The summed E-state index contributed by atoms with van der Waals surface area (Å²) in [5.41, 5.74) is 0. The quantitative estimate of drug-likeness (QED) is 0.0439. The average Bonchev–Trinajstić information content (AvgIpc) is 3.13. The van der Waals surface area contributed by atoms with Crippen LogP contribution in [0.25, 0.3) is 0 Å². The lowest BCUT2D eigenvalue weighted by molar-refractivity contribution is -0.123. The van der Waals surface area contributed by atoms with Crippen molar-refractivity contribution in [3.8, 4) is 0 Å². The summed E-state index contributed by atoms with van der Waals surface area (Å²) in [7, 11) is 0. The van der Waals surface area contributed by atoms with Crippen LogP contribution in [0.4, 0.5) is 0 Å². The molecule has 4 heteroatoms. The van der Waals surface area contributed by atoms with Crippen molar-refractivity contribution < 1.29 is 15.0 Å². The van der Waals surface area contributed by atoms with Gasteiger partial charge in [-0.15, -0.1) is 0 Å². The van der Waals surface area contributed by atoms with Crippen LogP contribution in [0.15, 0.2) is 60.8 Å². The number of amides is 1. The number of carbonyl (C=O) groups is 1. The molecule has 4 nitrogen and oxygen atoms in total. The number of unbranched alkanes of at least 4 members (excludes halogenated alkanes) is 24. The van der Waals surface area contributed by atoms with Crippen molar-refractivity contribution in [2.75, 3.05) is 6.61 Å². The van der Waals surface area contributed by atoms with Crippen molar-refractivity contribution in [3.05, 3.63) is 60.8 Å². The number of hydrogen-bond acceptors (Lipinski definition) is 3. The number of hydrogen-bond donors (Lipinski definition) is 3. The number of allylic oxidation sites excluding steroid dienone is 9. The number of aliphatic hydroxyl groups excluding tert-OH is 2. The van der Waals surface area contributed by atoms with Gasteiger partial charge in [0.15, 0.2) is 0 Å². The minimum Gasteiger partial charge on any atom is -0.394 e. The van der Waals surface area contributed by atoms with Gasteiger partial charge in [-0.25, -0.2) is 0 Å². The maximum atomic E-state index is 12.4. The standard InChI is InChI=1S/C47H85NO3/c1-3-5-7-9-11-13-15-17-19-21-23-25-26-28-30-32-34-36-38-40-42-46(50)45(44-49)48-47(51)43-41-39-37-35-33-31-29-27-24-22-20-18-16-14-12-10-8-6-4-2/h12,14,18,20,25-26,32,34,40,42,45-46,49-50H,3-11,13,15-17,19,21-24,27-31,33,35-39,41,43-44H2,1-2H3,(H,48,51)/b14-12-,20-18-,26-25+,34-32+,42-40+. The molecule has 0 aromatic heterocycles. The van der Waals surface area contributed by atoms with Gasteiger partial charge in [-0.1, -0.05) is 190 Å². The average molecular weight is 712 g/mol. The lowest BCUT2D eigenvalue weighted by atomic mass is 10.1. The zero-order valence-electron chi connectivity index (χ0n) is 33.9. The molecule has 0 radical (unpaired) electrons.